The molecule has 0 aliphatic rings. The molecule has 28 heavy (non-hydrogen) atoms. The first kappa shape index (κ1) is 22.9. The number of aryl methyl sites for hydroxylation is 1. The third-order valence-electron chi connectivity index (χ3n) is 3.89. The Kier molecular flexibility index (Phi) is 9.47. The van der Waals surface area contributed by atoms with Crippen molar-refractivity contribution in [1.29, 1.82) is 5.26 Å². The summed E-state index contributed by atoms with van der Waals surface area (Å²) in [5.74, 6) is -1.72. The molecule has 0 aromatic carbocycles. The van der Waals surface area contributed by atoms with E-state index in [2.05, 4.69) is 5.32 Å². The zero-order chi connectivity index (χ0) is 21.1. The quantitative estimate of drug-likeness (QED) is 0.374. The number of nitrogens with zero attached hydrogens (tertiary/aromatic N) is 2. The van der Waals surface area contributed by atoms with Crippen molar-refractivity contribution in [2.24, 2.45) is 0 Å². The zero-order valence-corrected chi connectivity index (χ0v) is 16.6. The van der Waals surface area contributed by atoms with Gasteiger partial charge >= 0.3 is 12.0 Å². The van der Waals surface area contributed by atoms with Crippen molar-refractivity contribution in [2.75, 3.05) is 26.9 Å². The van der Waals surface area contributed by atoms with Gasteiger partial charge in [-0.05, 0) is 38.0 Å². The average Bonchev–Trinajstić information content (AvgIpc) is 2.93. The SMILES string of the molecule is CCCNC(=O)NC(=O)COC(=O)C(C#N)=Cc1cc(C)n(CCOC)c1C. The molecule has 0 atom stereocenters. The Bertz CT molecular complexity index is 789. The van der Waals surface area contributed by atoms with Gasteiger partial charge in [-0.3, -0.25) is 10.1 Å². The Balaban J connectivity index is 2.75. The summed E-state index contributed by atoms with van der Waals surface area (Å²) in [4.78, 5) is 35.1. The molecule has 2 N–H and O–H groups in total. The summed E-state index contributed by atoms with van der Waals surface area (Å²) in [6, 6.07) is 2.97. The smallest absolute Gasteiger partial charge is 0.349 e. The van der Waals surface area contributed by atoms with Crippen LogP contribution < -0.4 is 10.6 Å². The Morgan fingerprint density at radius 1 is 1.32 bits per heavy atom. The van der Waals surface area contributed by atoms with Crippen LogP contribution in [0.4, 0.5) is 4.79 Å². The van der Waals surface area contributed by atoms with Gasteiger partial charge in [-0.1, -0.05) is 6.92 Å². The Morgan fingerprint density at radius 2 is 2.04 bits per heavy atom. The fraction of sp³-hybridized carbons (Fsp3) is 0.474. The molecule has 1 aromatic rings. The van der Waals surface area contributed by atoms with Crippen molar-refractivity contribution in [3.63, 3.8) is 0 Å². The second kappa shape index (κ2) is 11.6. The summed E-state index contributed by atoms with van der Waals surface area (Å²) in [7, 11) is 1.61. The van der Waals surface area contributed by atoms with Gasteiger partial charge in [-0.25, -0.2) is 9.59 Å². The van der Waals surface area contributed by atoms with Gasteiger partial charge in [0.2, 0.25) is 0 Å². The minimum Gasteiger partial charge on any atom is -0.451 e. The van der Waals surface area contributed by atoms with E-state index in [0.717, 1.165) is 17.8 Å². The molecule has 1 rings (SSSR count). The van der Waals surface area contributed by atoms with E-state index in [-0.39, 0.29) is 5.57 Å². The molecule has 0 radical (unpaired) electrons. The third-order valence-corrected chi connectivity index (χ3v) is 3.89. The lowest BCUT2D eigenvalue weighted by Crippen LogP contribution is -2.41. The van der Waals surface area contributed by atoms with E-state index in [0.29, 0.717) is 25.3 Å². The van der Waals surface area contributed by atoms with E-state index in [4.69, 9.17) is 9.47 Å². The predicted molar refractivity (Wildman–Crippen MR) is 102 cm³/mol. The number of ether oxygens (including phenoxy) is 2. The van der Waals surface area contributed by atoms with Crippen molar-refractivity contribution >= 4 is 24.0 Å². The van der Waals surface area contributed by atoms with Crippen molar-refractivity contribution in [3.8, 4) is 6.07 Å². The number of esters is 1. The second-order valence-electron chi connectivity index (χ2n) is 6.02. The van der Waals surface area contributed by atoms with Crippen LogP contribution in [0.25, 0.3) is 6.08 Å². The first-order valence-electron chi connectivity index (χ1n) is 8.86. The molecule has 0 saturated heterocycles. The highest BCUT2D eigenvalue weighted by Gasteiger charge is 2.16. The molecule has 1 heterocycles. The number of carbonyl (C=O) groups excluding carboxylic acids is 3. The van der Waals surface area contributed by atoms with Crippen LogP contribution in [-0.4, -0.2) is 49.3 Å². The maximum atomic E-state index is 12.1. The van der Waals surface area contributed by atoms with Gasteiger partial charge < -0.3 is 19.4 Å². The summed E-state index contributed by atoms with van der Waals surface area (Å²) in [5.41, 5.74) is 2.30. The number of nitrogens with one attached hydrogen (secondary N) is 2. The van der Waals surface area contributed by atoms with Crippen LogP contribution >= 0.6 is 0 Å². The molecular formula is C19H26N4O5. The molecule has 0 saturated carbocycles. The second-order valence-corrected chi connectivity index (χ2v) is 6.02. The third kappa shape index (κ3) is 6.89. The fourth-order valence-electron chi connectivity index (χ4n) is 2.45. The maximum absolute atomic E-state index is 12.1. The van der Waals surface area contributed by atoms with Gasteiger partial charge in [0, 0.05) is 31.6 Å². The Hall–Kier alpha value is -3.12. The van der Waals surface area contributed by atoms with Crippen LogP contribution in [0.3, 0.4) is 0 Å². The summed E-state index contributed by atoms with van der Waals surface area (Å²) in [6.45, 7) is 6.60. The van der Waals surface area contributed by atoms with E-state index in [1.54, 1.807) is 13.2 Å². The van der Waals surface area contributed by atoms with E-state index in [1.807, 2.05) is 36.7 Å². The first-order valence-corrected chi connectivity index (χ1v) is 8.86. The average molecular weight is 390 g/mol. The molecule has 0 spiro atoms. The molecule has 0 bridgehead atoms. The van der Waals surface area contributed by atoms with Crippen LogP contribution in [0, 0.1) is 25.2 Å². The highest BCUT2D eigenvalue weighted by Crippen LogP contribution is 2.18. The molecule has 1 aromatic heterocycles. The molecule has 0 aliphatic heterocycles. The maximum Gasteiger partial charge on any atom is 0.349 e. The number of methoxy groups -OCH3 is 1. The standard InChI is InChI=1S/C19H26N4O5/c1-5-6-21-19(26)22-17(24)12-28-18(25)16(11-20)10-15-9-13(2)23(14(15)3)7-8-27-4/h9-10H,5-8,12H2,1-4H3,(H2,21,22,24,26). The lowest BCUT2D eigenvalue weighted by molar-refractivity contribution is -0.144. The molecule has 9 heteroatoms. The molecule has 152 valence electrons. The number of nitriles is 1. The minimum absolute atomic E-state index is 0.241. The molecular weight excluding hydrogens is 364 g/mol. The molecule has 9 nitrogen and oxygen atoms in total. The van der Waals surface area contributed by atoms with Gasteiger partial charge in [0.25, 0.3) is 5.91 Å². The number of amides is 3. The van der Waals surface area contributed by atoms with E-state index < -0.39 is 24.5 Å². The van der Waals surface area contributed by atoms with E-state index in [1.165, 1.54) is 6.08 Å². The lowest BCUT2D eigenvalue weighted by atomic mass is 10.1. The number of carbonyl (C=O) groups is 3. The number of imide groups is 1. The van der Waals surface area contributed by atoms with E-state index >= 15 is 0 Å². The van der Waals surface area contributed by atoms with Gasteiger partial charge in [0.1, 0.15) is 11.6 Å². The number of hydrogen-bond donors (Lipinski definition) is 2. The molecule has 0 unspecified atom stereocenters. The van der Waals surface area contributed by atoms with Gasteiger partial charge in [0.15, 0.2) is 6.61 Å². The van der Waals surface area contributed by atoms with E-state index in [9.17, 15) is 19.6 Å². The van der Waals surface area contributed by atoms with Crippen LogP contribution in [0.1, 0.15) is 30.3 Å². The van der Waals surface area contributed by atoms with Crippen LogP contribution in [0.2, 0.25) is 0 Å². The Labute approximate surface area is 164 Å². The number of aromatic nitrogens is 1. The van der Waals surface area contributed by atoms with Crippen molar-refractivity contribution < 1.29 is 23.9 Å². The largest absolute Gasteiger partial charge is 0.451 e. The molecule has 3 amide bonds. The summed E-state index contributed by atoms with van der Waals surface area (Å²) in [5, 5.41) is 13.8. The van der Waals surface area contributed by atoms with Gasteiger partial charge in [0.05, 0.1) is 6.61 Å². The summed E-state index contributed by atoms with van der Waals surface area (Å²) >= 11 is 0. The lowest BCUT2D eigenvalue weighted by Gasteiger charge is -2.08. The van der Waals surface area contributed by atoms with Gasteiger partial charge in [-0.15, -0.1) is 0 Å². The Morgan fingerprint density at radius 3 is 2.64 bits per heavy atom. The van der Waals surface area contributed by atoms with Crippen molar-refractivity contribution in [1.82, 2.24) is 15.2 Å². The molecule has 0 aliphatic carbocycles. The fourth-order valence-corrected chi connectivity index (χ4v) is 2.45. The zero-order valence-electron chi connectivity index (χ0n) is 16.6. The van der Waals surface area contributed by atoms with Crippen molar-refractivity contribution in [2.45, 2.75) is 33.7 Å². The molecule has 0 fully saturated rings. The monoisotopic (exact) mass is 390 g/mol. The highest BCUT2D eigenvalue weighted by atomic mass is 16.5. The first-order chi connectivity index (χ1) is 13.3. The summed E-state index contributed by atoms with van der Waals surface area (Å²) in [6.07, 6.45) is 2.14. The predicted octanol–water partition coefficient (Wildman–Crippen LogP) is 1.44. The number of urea groups is 1. The van der Waals surface area contributed by atoms with Crippen LogP contribution in [0.15, 0.2) is 11.6 Å². The number of hydrogen-bond acceptors (Lipinski definition) is 6. The minimum atomic E-state index is -0.937. The number of rotatable bonds is 9. The topological polar surface area (TPSA) is 122 Å². The van der Waals surface area contributed by atoms with Crippen LogP contribution in [-0.2, 0) is 25.6 Å². The summed E-state index contributed by atoms with van der Waals surface area (Å²) < 4.78 is 11.9. The normalized spacial score (nSPS) is 10.9. The highest BCUT2D eigenvalue weighted by molar-refractivity contribution is 6.00. The van der Waals surface area contributed by atoms with Crippen molar-refractivity contribution in [3.05, 3.63) is 28.6 Å². The van der Waals surface area contributed by atoms with Gasteiger partial charge in [-0.2, -0.15) is 5.26 Å². The van der Waals surface area contributed by atoms with Crippen LogP contribution in [0.5, 0.6) is 0 Å².